The third-order valence-electron chi connectivity index (χ3n) is 3.31. The number of benzene rings is 2. The number of hydrogen-bond donors (Lipinski definition) is 0. The molecule has 0 bridgehead atoms. The van der Waals surface area contributed by atoms with Gasteiger partial charge in [-0.1, -0.05) is 78.0 Å². The average Bonchev–Trinajstić information content (AvgIpc) is 2.46. The molecule has 0 unspecified atom stereocenters. The minimum Gasteiger partial charge on any atom is -0.0812 e. The zero-order chi connectivity index (χ0) is 12.8. The van der Waals surface area contributed by atoms with Crippen molar-refractivity contribution in [2.75, 3.05) is 0 Å². The van der Waals surface area contributed by atoms with E-state index in [1.807, 2.05) is 0 Å². The molecule has 0 radical (unpaired) electrons. The topological polar surface area (TPSA) is 0 Å². The van der Waals surface area contributed by atoms with Gasteiger partial charge in [0.2, 0.25) is 0 Å². The predicted octanol–water partition coefficient (Wildman–Crippen LogP) is 4.97. The Balaban J connectivity index is 1.93. The van der Waals surface area contributed by atoms with Crippen LogP contribution in [0, 0.1) is 0 Å². The summed E-state index contributed by atoms with van der Waals surface area (Å²) in [6.45, 7) is 2.20. The molecule has 0 amide bonds. The molecule has 0 N–H and O–H groups in total. The van der Waals surface area contributed by atoms with Crippen molar-refractivity contribution >= 4 is 22.6 Å². The molecule has 0 aromatic heterocycles. The van der Waals surface area contributed by atoms with Crippen LogP contribution in [-0.4, -0.2) is 0 Å². The van der Waals surface area contributed by atoms with E-state index in [4.69, 9.17) is 0 Å². The van der Waals surface area contributed by atoms with Crippen LogP contribution in [0.3, 0.4) is 0 Å². The molecule has 0 aliphatic rings. The molecule has 0 saturated heterocycles. The van der Waals surface area contributed by atoms with E-state index >= 15 is 0 Å². The lowest BCUT2D eigenvalue weighted by Crippen LogP contribution is -1.92. The van der Waals surface area contributed by atoms with Crippen molar-refractivity contribution in [1.29, 1.82) is 0 Å². The molecule has 0 fully saturated rings. The van der Waals surface area contributed by atoms with Gasteiger partial charge >= 0.3 is 0 Å². The molecule has 2 rings (SSSR count). The Morgan fingerprint density at radius 3 is 1.44 bits per heavy atom. The first-order chi connectivity index (χ1) is 8.81. The molecule has 1 heteroatoms. The van der Waals surface area contributed by atoms with Crippen molar-refractivity contribution in [3.8, 4) is 0 Å². The number of hydrogen-bond acceptors (Lipinski definition) is 0. The Kier molecular flexibility index (Phi) is 5.24. The first-order valence-corrected chi connectivity index (χ1v) is 8.06. The molecule has 2 aromatic rings. The van der Waals surface area contributed by atoms with Gasteiger partial charge in [0.05, 0.1) is 0 Å². The molecular weight excluding hydrogens is 331 g/mol. The van der Waals surface area contributed by atoms with E-state index in [1.165, 1.54) is 22.3 Å². The van der Waals surface area contributed by atoms with Crippen molar-refractivity contribution in [2.24, 2.45) is 0 Å². The Bertz CT molecular complexity index is 420. The first-order valence-electron chi connectivity index (χ1n) is 6.53. The molecule has 0 atom stereocenters. The van der Waals surface area contributed by atoms with Gasteiger partial charge in [-0.2, -0.15) is 0 Å². The van der Waals surface area contributed by atoms with Gasteiger partial charge < -0.3 is 0 Å². The van der Waals surface area contributed by atoms with E-state index in [-0.39, 0.29) is 0 Å². The van der Waals surface area contributed by atoms with Crippen LogP contribution < -0.4 is 0 Å². The summed E-state index contributed by atoms with van der Waals surface area (Å²) in [5.41, 5.74) is 5.70. The van der Waals surface area contributed by atoms with E-state index in [2.05, 4.69) is 78.0 Å². The molecule has 0 spiro atoms. The lowest BCUT2D eigenvalue weighted by atomic mass is 10.0. The Morgan fingerprint density at radius 2 is 1.06 bits per heavy atom. The number of aryl methyl sites for hydroxylation is 3. The lowest BCUT2D eigenvalue weighted by molar-refractivity contribution is 0.956. The monoisotopic (exact) mass is 350 g/mol. The zero-order valence-corrected chi connectivity index (χ0v) is 13.0. The van der Waals surface area contributed by atoms with Crippen molar-refractivity contribution in [2.45, 2.75) is 30.6 Å². The summed E-state index contributed by atoms with van der Waals surface area (Å²) in [6, 6.07) is 18.0. The van der Waals surface area contributed by atoms with Crippen molar-refractivity contribution < 1.29 is 0 Å². The van der Waals surface area contributed by atoms with Crippen LogP contribution in [0.2, 0.25) is 0 Å². The third-order valence-corrected chi connectivity index (χ3v) is 4.19. The van der Waals surface area contributed by atoms with Gasteiger partial charge in [0, 0.05) is 4.43 Å². The highest BCUT2D eigenvalue weighted by Gasteiger charge is 1.97. The minimum atomic E-state index is 1.09. The fourth-order valence-electron chi connectivity index (χ4n) is 2.03. The van der Waals surface area contributed by atoms with Crippen molar-refractivity contribution in [3.05, 3.63) is 70.8 Å². The normalized spacial score (nSPS) is 10.6. The summed E-state index contributed by atoms with van der Waals surface area (Å²) in [4.78, 5) is 0. The molecule has 0 aliphatic carbocycles. The van der Waals surface area contributed by atoms with Crippen LogP contribution >= 0.6 is 22.6 Å². The highest BCUT2D eigenvalue weighted by Crippen LogP contribution is 2.12. The zero-order valence-electron chi connectivity index (χ0n) is 10.8. The van der Waals surface area contributed by atoms with Crippen LogP contribution in [0.25, 0.3) is 0 Å². The quantitative estimate of drug-likeness (QED) is 0.528. The van der Waals surface area contributed by atoms with Crippen molar-refractivity contribution in [3.63, 3.8) is 0 Å². The van der Waals surface area contributed by atoms with Gasteiger partial charge in [-0.25, -0.2) is 0 Å². The maximum Gasteiger partial charge on any atom is 0.0247 e. The highest BCUT2D eigenvalue weighted by atomic mass is 127. The van der Waals surface area contributed by atoms with Crippen LogP contribution in [0.15, 0.2) is 48.5 Å². The SMILES string of the molecule is CCc1ccc(CCc2ccc(CI)cc2)cc1. The average molecular weight is 350 g/mol. The summed E-state index contributed by atoms with van der Waals surface area (Å²) >= 11 is 2.40. The number of alkyl halides is 1. The smallest absolute Gasteiger partial charge is 0.0247 e. The third kappa shape index (κ3) is 3.84. The van der Waals surface area contributed by atoms with E-state index in [0.717, 1.165) is 23.7 Å². The van der Waals surface area contributed by atoms with Gasteiger partial charge in [-0.3, -0.25) is 0 Å². The lowest BCUT2D eigenvalue weighted by Gasteiger charge is -2.04. The van der Waals surface area contributed by atoms with Gasteiger partial charge in [-0.15, -0.1) is 0 Å². The van der Waals surface area contributed by atoms with Crippen LogP contribution in [0.1, 0.15) is 29.2 Å². The number of rotatable bonds is 5. The second-order valence-electron chi connectivity index (χ2n) is 4.62. The van der Waals surface area contributed by atoms with Gasteiger partial charge in [0.15, 0.2) is 0 Å². The minimum absolute atomic E-state index is 1.09. The fraction of sp³-hybridized carbons (Fsp3) is 0.294. The summed E-state index contributed by atoms with van der Waals surface area (Å²) in [7, 11) is 0. The molecule has 0 saturated carbocycles. The highest BCUT2D eigenvalue weighted by molar-refractivity contribution is 14.1. The summed E-state index contributed by atoms with van der Waals surface area (Å²) in [5, 5.41) is 0. The van der Waals surface area contributed by atoms with Gasteiger partial charge in [-0.05, 0) is 41.5 Å². The molecule has 0 heterocycles. The summed E-state index contributed by atoms with van der Waals surface area (Å²) < 4.78 is 1.09. The largest absolute Gasteiger partial charge is 0.0812 e. The van der Waals surface area contributed by atoms with Crippen LogP contribution in [-0.2, 0) is 23.7 Å². The second-order valence-corrected chi connectivity index (χ2v) is 5.38. The Hall–Kier alpha value is -0.830. The van der Waals surface area contributed by atoms with E-state index in [0.29, 0.717) is 0 Å². The van der Waals surface area contributed by atoms with E-state index in [9.17, 15) is 0 Å². The molecule has 0 nitrogen and oxygen atoms in total. The first kappa shape index (κ1) is 13.6. The van der Waals surface area contributed by atoms with Gasteiger partial charge in [0.25, 0.3) is 0 Å². The standard InChI is InChI=1S/C17H19I/c1-2-14-3-5-15(6-4-14)7-8-16-9-11-17(13-18)12-10-16/h3-6,9-12H,2,7-8,13H2,1H3. The van der Waals surface area contributed by atoms with E-state index in [1.54, 1.807) is 0 Å². The summed E-state index contributed by atoms with van der Waals surface area (Å²) in [6.07, 6.45) is 3.39. The fourth-order valence-corrected chi connectivity index (χ4v) is 2.53. The molecule has 2 aromatic carbocycles. The molecule has 18 heavy (non-hydrogen) atoms. The van der Waals surface area contributed by atoms with Gasteiger partial charge in [0.1, 0.15) is 0 Å². The number of halogens is 1. The Labute approximate surface area is 124 Å². The van der Waals surface area contributed by atoms with Crippen molar-refractivity contribution in [1.82, 2.24) is 0 Å². The maximum atomic E-state index is 2.40. The molecular formula is C17H19I. The maximum absolute atomic E-state index is 2.40. The second kappa shape index (κ2) is 6.93. The van der Waals surface area contributed by atoms with Crippen LogP contribution in [0.5, 0.6) is 0 Å². The molecule has 0 aliphatic heterocycles. The summed E-state index contributed by atoms with van der Waals surface area (Å²) in [5.74, 6) is 0. The predicted molar refractivity (Wildman–Crippen MR) is 87.4 cm³/mol. The van der Waals surface area contributed by atoms with E-state index < -0.39 is 0 Å². The van der Waals surface area contributed by atoms with Crippen LogP contribution in [0.4, 0.5) is 0 Å². The molecule has 94 valence electrons. The Morgan fingerprint density at radius 1 is 0.667 bits per heavy atom.